The summed E-state index contributed by atoms with van der Waals surface area (Å²) in [6, 6.07) is 0. The third-order valence-electron chi connectivity index (χ3n) is 3.60. The summed E-state index contributed by atoms with van der Waals surface area (Å²) >= 11 is 0. The van der Waals surface area contributed by atoms with Crippen molar-refractivity contribution in [2.75, 3.05) is 0 Å². The lowest BCUT2D eigenvalue weighted by atomic mass is 9.72. The van der Waals surface area contributed by atoms with Crippen LogP contribution in [-0.4, -0.2) is 5.78 Å². The van der Waals surface area contributed by atoms with Crippen molar-refractivity contribution in [2.24, 2.45) is 5.41 Å². The lowest BCUT2D eigenvalue weighted by Gasteiger charge is -2.33. The molecule has 0 aromatic carbocycles. The quantitative estimate of drug-likeness (QED) is 0.623. The molecule has 0 atom stereocenters. The molecule has 0 aromatic rings. The summed E-state index contributed by atoms with van der Waals surface area (Å²) < 4.78 is 0. The highest BCUT2D eigenvalue weighted by Crippen LogP contribution is 2.41. The smallest absolute Gasteiger partial charge is 0.130 e. The number of carbonyl (C=O) groups is 1. The Labute approximate surface area is 87.6 Å². The Balaban J connectivity index is 2.70. The standard InChI is InChI=1S/C13H22O/c1-10(14)7-8-12-6-5-9-13(3,4)11(12)2/h5-9H2,1-4H3. The first kappa shape index (κ1) is 11.5. The molecule has 0 spiro atoms. The average molecular weight is 194 g/mol. The van der Waals surface area contributed by atoms with E-state index in [9.17, 15) is 4.79 Å². The molecule has 0 saturated carbocycles. The first-order chi connectivity index (χ1) is 6.43. The van der Waals surface area contributed by atoms with Gasteiger partial charge in [0.1, 0.15) is 5.78 Å². The van der Waals surface area contributed by atoms with Gasteiger partial charge in [0.2, 0.25) is 0 Å². The average Bonchev–Trinajstić information content (AvgIpc) is 2.07. The van der Waals surface area contributed by atoms with Crippen molar-refractivity contribution in [3.63, 3.8) is 0 Å². The molecule has 0 bridgehead atoms. The minimum absolute atomic E-state index is 0.314. The molecule has 0 N–H and O–H groups in total. The Morgan fingerprint density at radius 1 is 1.43 bits per heavy atom. The fraction of sp³-hybridized carbons (Fsp3) is 0.769. The van der Waals surface area contributed by atoms with Crippen molar-refractivity contribution < 1.29 is 4.79 Å². The molecule has 14 heavy (non-hydrogen) atoms. The number of Topliss-reactive ketones (excluding diaryl/α,β-unsaturated/α-hetero) is 1. The molecule has 0 amide bonds. The van der Waals surface area contributed by atoms with E-state index in [1.165, 1.54) is 30.4 Å². The second-order valence-electron chi connectivity index (χ2n) is 5.17. The van der Waals surface area contributed by atoms with Gasteiger partial charge >= 0.3 is 0 Å². The first-order valence-corrected chi connectivity index (χ1v) is 5.62. The van der Waals surface area contributed by atoms with Gasteiger partial charge in [0, 0.05) is 6.42 Å². The van der Waals surface area contributed by atoms with E-state index in [4.69, 9.17) is 0 Å². The molecule has 1 nitrogen and oxygen atoms in total. The summed E-state index contributed by atoms with van der Waals surface area (Å²) in [7, 11) is 0. The number of carbonyl (C=O) groups excluding carboxylic acids is 1. The third kappa shape index (κ3) is 2.70. The molecule has 0 heterocycles. The van der Waals surface area contributed by atoms with Crippen LogP contribution in [0, 0.1) is 5.41 Å². The minimum Gasteiger partial charge on any atom is -0.300 e. The third-order valence-corrected chi connectivity index (χ3v) is 3.60. The molecular weight excluding hydrogens is 172 g/mol. The molecule has 1 rings (SSSR count). The maximum atomic E-state index is 10.9. The summed E-state index contributed by atoms with van der Waals surface area (Å²) in [4.78, 5) is 10.9. The highest BCUT2D eigenvalue weighted by Gasteiger charge is 2.26. The molecular formula is C13H22O. The lowest BCUT2D eigenvalue weighted by molar-refractivity contribution is -0.117. The van der Waals surface area contributed by atoms with E-state index in [0.29, 0.717) is 11.2 Å². The molecule has 1 aliphatic rings. The van der Waals surface area contributed by atoms with Crippen LogP contribution in [0.5, 0.6) is 0 Å². The van der Waals surface area contributed by atoms with Gasteiger partial charge in [-0.2, -0.15) is 0 Å². The van der Waals surface area contributed by atoms with Crippen molar-refractivity contribution in [3.8, 4) is 0 Å². The van der Waals surface area contributed by atoms with E-state index >= 15 is 0 Å². The fourth-order valence-electron chi connectivity index (χ4n) is 2.24. The Morgan fingerprint density at radius 3 is 2.64 bits per heavy atom. The van der Waals surface area contributed by atoms with Crippen molar-refractivity contribution in [1.82, 2.24) is 0 Å². The van der Waals surface area contributed by atoms with E-state index < -0.39 is 0 Å². The maximum absolute atomic E-state index is 10.9. The predicted octanol–water partition coefficient (Wildman–Crippen LogP) is 3.88. The van der Waals surface area contributed by atoms with Crippen molar-refractivity contribution in [1.29, 1.82) is 0 Å². The molecule has 0 unspecified atom stereocenters. The summed E-state index contributed by atoms with van der Waals surface area (Å²) in [5, 5.41) is 0. The molecule has 1 aliphatic carbocycles. The largest absolute Gasteiger partial charge is 0.300 e. The van der Waals surface area contributed by atoms with Gasteiger partial charge in [0.25, 0.3) is 0 Å². The van der Waals surface area contributed by atoms with E-state index in [1.807, 2.05) is 0 Å². The van der Waals surface area contributed by atoms with Gasteiger partial charge in [-0.1, -0.05) is 25.0 Å². The summed E-state index contributed by atoms with van der Waals surface area (Å²) in [5.41, 5.74) is 3.44. The maximum Gasteiger partial charge on any atom is 0.130 e. The summed E-state index contributed by atoms with van der Waals surface area (Å²) in [6.07, 6.45) is 5.51. The normalized spacial score (nSPS) is 21.1. The zero-order chi connectivity index (χ0) is 10.8. The Hall–Kier alpha value is -0.590. The van der Waals surface area contributed by atoms with Crippen molar-refractivity contribution in [2.45, 2.75) is 59.8 Å². The van der Waals surface area contributed by atoms with Crippen LogP contribution >= 0.6 is 0 Å². The SMILES string of the molecule is CC(=O)CCC1=C(C)C(C)(C)CCC1. The van der Waals surface area contributed by atoms with Crippen LogP contribution in [0.25, 0.3) is 0 Å². The van der Waals surface area contributed by atoms with E-state index in [0.717, 1.165) is 12.8 Å². The molecule has 0 saturated heterocycles. The van der Waals surface area contributed by atoms with Gasteiger partial charge in [-0.3, -0.25) is 0 Å². The molecule has 0 aliphatic heterocycles. The zero-order valence-corrected chi connectivity index (χ0v) is 9.94. The van der Waals surface area contributed by atoms with Gasteiger partial charge in [-0.05, 0) is 44.9 Å². The molecule has 1 heteroatoms. The highest BCUT2D eigenvalue weighted by atomic mass is 16.1. The van der Waals surface area contributed by atoms with Gasteiger partial charge < -0.3 is 4.79 Å². The van der Waals surface area contributed by atoms with Crippen molar-refractivity contribution in [3.05, 3.63) is 11.1 Å². The number of hydrogen-bond donors (Lipinski definition) is 0. The fourth-order valence-corrected chi connectivity index (χ4v) is 2.24. The van der Waals surface area contributed by atoms with Crippen LogP contribution in [0.15, 0.2) is 11.1 Å². The van der Waals surface area contributed by atoms with E-state index in [1.54, 1.807) is 6.92 Å². The lowest BCUT2D eigenvalue weighted by Crippen LogP contribution is -2.19. The molecule has 0 radical (unpaired) electrons. The van der Waals surface area contributed by atoms with Crippen LogP contribution in [-0.2, 0) is 4.79 Å². The second kappa shape index (κ2) is 4.29. The predicted molar refractivity (Wildman–Crippen MR) is 60.2 cm³/mol. The van der Waals surface area contributed by atoms with E-state index in [2.05, 4.69) is 20.8 Å². The Kier molecular flexibility index (Phi) is 3.52. The molecule has 80 valence electrons. The number of hydrogen-bond acceptors (Lipinski definition) is 1. The van der Waals surface area contributed by atoms with Gasteiger partial charge in [-0.25, -0.2) is 0 Å². The zero-order valence-electron chi connectivity index (χ0n) is 9.94. The Morgan fingerprint density at radius 2 is 2.07 bits per heavy atom. The van der Waals surface area contributed by atoms with Crippen LogP contribution in [0.3, 0.4) is 0 Å². The second-order valence-corrected chi connectivity index (χ2v) is 5.17. The van der Waals surface area contributed by atoms with Crippen LogP contribution in [0.1, 0.15) is 59.8 Å². The Bertz CT molecular complexity index is 258. The molecule has 0 aromatic heterocycles. The van der Waals surface area contributed by atoms with Crippen LogP contribution < -0.4 is 0 Å². The van der Waals surface area contributed by atoms with Crippen molar-refractivity contribution >= 4 is 5.78 Å². The van der Waals surface area contributed by atoms with Gasteiger partial charge in [0.15, 0.2) is 0 Å². The monoisotopic (exact) mass is 194 g/mol. The number of allylic oxidation sites excluding steroid dienone is 2. The number of ketones is 1. The van der Waals surface area contributed by atoms with Crippen LogP contribution in [0.4, 0.5) is 0 Å². The van der Waals surface area contributed by atoms with Crippen LogP contribution in [0.2, 0.25) is 0 Å². The first-order valence-electron chi connectivity index (χ1n) is 5.62. The summed E-state index contributed by atoms with van der Waals surface area (Å²) in [6.45, 7) is 8.56. The van der Waals surface area contributed by atoms with E-state index in [-0.39, 0.29) is 0 Å². The summed E-state index contributed by atoms with van der Waals surface area (Å²) in [5.74, 6) is 0.314. The topological polar surface area (TPSA) is 17.1 Å². The number of rotatable bonds is 3. The highest BCUT2D eigenvalue weighted by molar-refractivity contribution is 5.75. The molecule has 0 fully saturated rings. The van der Waals surface area contributed by atoms with Gasteiger partial charge in [0.05, 0.1) is 0 Å². The van der Waals surface area contributed by atoms with Gasteiger partial charge in [-0.15, -0.1) is 0 Å². The minimum atomic E-state index is 0.314.